The lowest BCUT2D eigenvalue weighted by atomic mass is 10.0. The molecule has 2 unspecified atom stereocenters. The van der Waals surface area contributed by atoms with Gasteiger partial charge in [-0.3, -0.25) is 23.9 Å². The summed E-state index contributed by atoms with van der Waals surface area (Å²) in [6.45, 7) is 4.43. The summed E-state index contributed by atoms with van der Waals surface area (Å²) in [5.41, 5.74) is -1.43. The molecule has 0 bridgehead atoms. The molecule has 11 nitrogen and oxygen atoms in total. The van der Waals surface area contributed by atoms with Crippen molar-refractivity contribution in [3.05, 3.63) is 63.7 Å². The third kappa shape index (κ3) is 6.91. The van der Waals surface area contributed by atoms with E-state index >= 15 is 0 Å². The molecule has 1 aliphatic heterocycles. The summed E-state index contributed by atoms with van der Waals surface area (Å²) >= 11 is 0. The summed E-state index contributed by atoms with van der Waals surface area (Å²) in [5.74, 6) is -4.43. The van der Waals surface area contributed by atoms with Crippen molar-refractivity contribution in [1.82, 2.24) is 14.9 Å². The number of amides is 1. The number of carboxylic acid groups (broad SMARTS) is 2. The molecule has 2 atom stereocenters. The first-order valence-electron chi connectivity index (χ1n) is 11.9. The van der Waals surface area contributed by atoms with Crippen molar-refractivity contribution in [2.75, 3.05) is 13.1 Å². The first-order chi connectivity index (χ1) is 18.7. The highest BCUT2D eigenvalue weighted by atomic mass is 19.4. The molecule has 1 amide bonds. The molecule has 2 aromatic heterocycles. The van der Waals surface area contributed by atoms with E-state index < -0.39 is 65.3 Å². The van der Waals surface area contributed by atoms with Crippen LogP contribution in [0.25, 0.3) is 10.9 Å². The number of carbonyl (C=O) groups excluding carboxylic acids is 1. The van der Waals surface area contributed by atoms with Crippen molar-refractivity contribution < 1.29 is 52.6 Å². The summed E-state index contributed by atoms with van der Waals surface area (Å²) < 4.78 is 51.1. The lowest BCUT2D eigenvalue weighted by Crippen LogP contribution is -2.81. The van der Waals surface area contributed by atoms with Crippen LogP contribution in [0, 0.1) is 0 Å². The second kappa shape index (κ2) is 13.0. The van der Waals surface area contributed by atoms with Crippen LogP contribution in [-0.2, 0) is 15.8 Å². The zero-order valence-corrected chi connectivity index (χ0v) is 21.5. The first-order valence-corrected chi connectivity index (χ1v) is 11.9. The molecule has 0 spiro atoms. The van der Waals surface area contributed by atoms with Crippen molar-refractivity contribution in [2.24, 2.45) is 0 Å². The fourth-order valence-electron chi connectivity index (χ4n) is 3.79. The topological polar surface area (TPSA) is 175 Å². The van der Waals surface area contributed by atoms with E-state index in [1.807, 2.05) is 13.8 Å². The average Bonchev–Trinajstić information content (AvgIpc) is 2.91. The van der Waals surface area contributed by atoms with E-state index in [0.717, 1.165) is 19.2 Å². The zero-order valence-electron chi connectivity index (χ0n) is 21.5. The molecule has 216 valence electrons. The molecule has 0 aliphatic carbocycles. The van der Waals surface area contributed by atoms with Gasteiger partial charge in [0.05, 0.1) is 0 Å². The van der Waals surface area contributed by atoms with Crippen LogP contribution in [0.1, 0.15) is 48.4 Å². The van der Waals surface area contributed by atoms with Crippen LogP contribution >= 0.6 is 0 Å². The van der Waals surface area contributed by atoms with E-state index in [1.165, 1.54) is 16.7 Å². The van der Waals surface area contributed by atoms with Crippen LogP contribution < -0.4 is 16.2 Å². The summed E-state index contributed by atoms with van der Waals surface area (Å²) in [6.07, 6.45) is -5.34. The molecule has 3 heterocycles. The van der Waals surface area contributed by atoms with E-state index in [4.69, 9.17) is 10.2 Å². The number of nitrogens with one attached hydrogen (secondary N) is 1. The Morgan fingerprint density at radius 3 is 2.30 bits per heavy atom. The van der Waals surface area contributed by atoms with Gasteiger partial charge in [-0.2, -0.15) is 13.2 Å². The predicted molar refractivity (Wildman–Crippen MR) is 133 cm³/mol. The van der Waals surface area contributed by atoms with Crippen LogP contribution in [-0.4, -0.2) is 62.0 Å². The number of nitrogens with zero attached hydrogens (tertiary/aromatic N) is 2. The van der Waals surface area contributed by atoms with Crippen LogP contribution in [0.3, 0.4) is 0 Å². The van der Waals surface area contributed by atoms with Crippen molar-refractivity contribution in [2.45, 2.75) is 39.2 Å². The summed E-state index contributed by atoms with van der Waals surface area (Å²) in [5, 5.41) is 31.0. The van der Waals surface area contributed by atoms with Gasteiger partial charge in [-0.1, -0.05) is 26.0 Å². The number of aromatic nitrogens is 2. The van der Waals surface area contributed by atoms with Gasteiger partial charge in [0.15, 0.2) is 11.9 Å². The molecule has 0 radical (unpaired) electrons. The highest BCUT2D eigenvalue weighted by Gasteiger charge is 2.35. The fourth-order valence-corrected chi connectivity index (χ4v) is 3.79. The molecule has 0 saturated carbocycles. The number of benzene rings is 1. The highest BCUT2D eigenvalue weighted by Crippen LogP contribution is 2.34. The van der Waals surface area contributed by atoms with Gasteiger partial charge >= 0.3 is 18.1 Å². The van der Waals surface area contributed by atoms with E-state index in [0.29, 0.717) is 16.8 Å². The number of carbonyl (C=O) groups is 3. The van der Waals surface area contributed by atoms with E-state index in [1.54, 1.807) is 17.4 Å². The Morgan fingerprint density at radius 1 is 1.18 bits per heavy atom. The predicted octanol–water partition coefficient (Wildman–Crippen LogP) is 2.19. The monoisotopic (exact) mass is 571 g/mol. The number of alkyl halides is 4. The van der Waals surface area contributed by atoms with Gasteiger partial charge in [0.2, 0.25) is 0 Å². The van der Waals surface area contributed by atoms with Gasteiger partial charge in [0.1, 0.15) is 41.7 Å². The fraction of sp³-hybridized carbons (Fsp3) is 0.320. The molecule has 1 aliphatic rings. The third-order valence-electron chi connectivity index (χ3n) is 5.53. The number of halogens is 4. The minimum Gasteiger partial charge on any atom is -0.506 e. The van der Waals surface area contributed by atoms with Crippen LogP contribution in [0.5, 0.6) is 5.75 Å². The highest BCUT2D eigenvalue weighted by molar-refractivity contribution is 6.04. The van der Waals surface area contributed by atoms with Gasteiger partial charge in [0.25, 0.3) is 11.5 Å². The number of hydrogen-bond acceptors (Lipinski definition) is 6. The maximum atomic E-state index is 13.3. The second-order valence-corrected chi connectivity index (χ2v) is 8.10. The first kappa shape index (κ1) is 31.7. The largest absolute Gasteiger partial charge is 0.506 e. The molecule has 6 N–H and O–H groups in total. The van der Waals surface area contributed by atoms with Gasteiger partial charge in [-0.05, 0) is 24.6 Å². The summed E-state index contributed by atoms with van der Waals surface area (Å²) in [4.78, 5) is 49.4. The SMILES string of the molecule is CC.CC(F)C(=O)O.O=C(O)CNC(=O)c1c(O)c2cccc3c2n(c1=O)C(c1ccc(C(F)(F)F)nc1)C[NH2+]3. The third-order valence-corrected chi connectivity index (χ3v) is 5.53. The molecule has 3 aromatic rings. The van der Waals surface area contributed by atoms with Crippen LogP contribution in [0.4, 0.5) is 23.2 Å². The Hall–Kier alpha value is -4.53. The number of rotatable bonds is 5. The van der Waals surface area contributed by atoms with Gasteiger partial charge in [-0.25, -0.2) is 9.18 Å². The standard InChI is InChI=1S/C20H15F3N4O5.C3H5FO2.C2H6/c21-20(22,23)13-5-4-9(6-25-13)12-7-24-11-3-1-2-10-16(11)27(12)19(32)15(17(10)30)18(31)26-8-14(28)29;1-2(4)3(5)6;1-2/h1-6,12,24,30H,7-8H2,(H,26,31)(H,28,29);2H,1H3,(H,5,6);1-2H3/p+1. The molecule has 15 heteroatoms. The van der Waals surface area contributed by atoms with Crippen LogP contribution in [0.15, 0.2) is 41.3 Å². The van der Waals surface area contributed by atoms with Crippen molar-refractivity contribution in [3.63, 3.8) is 0 Å². The molecule has 0 fully saturated rings. The average molecular weight is 572 g/mol. The molecule has 4 rings (SSSR count). The lowest BCUT2D eigenvalue weighted by Gasteiger charge is -2.27. The smallest absolute Gasteiger partial charge is 0.433 e. The van der Waals surface area contributed by atoms with Crippen LogP contribution in [0.2, 0.25) is 0 Å². The number of nitrogens with two attached hydrogens (primary N) is 1. The Morgan fingerprint density at radius 2 is 1.80 bits per heavy atom. The Bertz CT molecular complexity index is 1450. The van der Waals surface area contributed by atoms with Gasteiger partial charge < -0.3 is 26.0 Å². The number of aromatic hydroxyl groups is 1. The quantitative estimate of drug-likeness (QED) is 0.229. The molecule has 1 aromatic carbocycles. The number of hydrogen-bond donors (Lipinski definition) is 5. The Labute approximate surface area is 224 Å². The van der Waals surface area contributed by atoms with Gasteiger partial charge in [-0.15, -0.1) is 0 Å². The molecule has 40 heavy (non-hydrogen) atoms. The summed E-state index contributed by atoms with van der Waals surface area (Å²) in [6, 6.07) is 6.02. The van der Waals surface area contributed by atoms with E-state index in [2.05, 4.69) is 10.3 Å². The Balaban J connectivity index is 0.000000622. The second-order valence-electron chi connectivity index (χ2n) is 8.10. The normalized spacial score (nSPS) is 14.6. The molecule has 0 saturated heterocycles. The Kier molecular flexibility index (Phi) is 10.3. The number of aliphatic carboxylic acids is 2. The summed E-state index contributed by atoms with van der Waals surface area (Å²) in [7, 11) is 0. The van der Waals surface area contributed by atoms with E-state index in [9.17, 15) is 41.8 Å². The molecular formula is C25H27F4N4O7+. The minimum absolute atomic E-state index is 0.170. The number of carboxylic acids is 2. The van der Waals surface area contributed by atoms with Gasteiger partial charge in [0, 0.05) is 17.6 Å². The van der Waals surface area contributed by atoms with Crippen molar-refractivity contribution >= 4 is 34.4 Å². The van der Waals surface area contributed by atoms with Crippen molar-refractivity contribution in [3.8, 4) is 5.75 Å². The van der Waals surface area contributed by atoms with Crippen molar-refractivity contribution in [1.29, 1.82) is 0 Å². The zero-order chi connectivity index (χ0) is 30.4. The maximum Gasteiger partial charge on any atom is 0.433 e. The molecular weight excluding hydrogens is 544 g/mol. The number of quaternary nitrogens is 1. The van der Waals surface area contributed by atoms with E-state index in [-0.39, 0.29) is 11.9 Å². The minimum atomic E-state index is -4.62. The number of para-hydroxylation sites is 1. The number of pyridine rings is 2. The maximum absolute atomic E-state index is 13.3. The lowest BCUT2D eigenvalue weighted by molar-refractivity contribution is -0.577.